The summed E-state index contributed by atoms with van der Waals surface area (Å²) >= 11 is 0. The third-order valence-electron chi connectivity index (χ3n) is 3.90. The normalized spacial score (nSPS) is 20.0. The van der Waals surface area contributed by atoms with Crippen LogP contribution in [0.25, 0.3) is 0 Å². The molecule has 1 aromatic rings. The highest BCUT2D eigenvalue weighted by molar-refractivity contribution is 5.30. The van der Waals surface area contributed by atoms with E-state index < -0.39 is 0 Å². The maximum atomic E-state index is 3.61. The first-order chi connectivity index (χ1) is 8.75. The number of nitrogens with one attached hydrogen (secondary N) is 2. The van der Waals surface area contributed by atoms with Crippen LogP contribution in [0.5, 0.6) is 0 Å². The Morgan fingerprint density at radius 1 is 1.33 bits per heavy atom. The van der Waals surface area contributed by atoms with Crippen molar-refractivity contribution in [3.63, 3.8) is 0 Å². The molecule has 1 aliphatic heterocycles. The van der Waals surface area contributed by atoms with Crippen LogP contribution in [0.3, 0.4) is 0 Å². The number of benzene rings is 1. The maximum absolute atomic E-state index is 3.61. The van der Waals surface area contributed by atoms with Gasteiger partial charge < -0.3 is 10.6 Å². The van der Waals surface area contributed by atoms with Crippen LogP contribution >= 0.6 is 0 Å². The molecule has 2 nitrogen and oxygen atoms in total. The van der Waals surface area contributed by atoms with Gasteiger partial charge in [0.05, 0.1) is 0 Å². The molecule has 0 amide bonds. The van der Waals surface area contributed by atoms with E-state index in [1.807, 2.05) is 0 Å². The molecule has 1 heterocycles. The first kappa shape index (κ1) is 13.6. The van der Waals surface area contributed by atoms with E-state index in [1.54, 1.807) is 0 Å². The molecule has 0 aromatic heterocycles. The zero-order valence-corrected chi connectivity index (χ0v) is 11.8. The molecule has 18 heavy (non-hydrogen) atoms. The van der Waals surface area contributed by atoms with E-state index in [0.717, 1.165) is 25.4 Å². The standard InChI is InChI=1S/C16H26N2/c1-13-5-6-16(14(2)10-13)7-9-18-12-15-4-3-8-17-11-15/h5-6,10,15,17-18H,3-4,7-9,11-12H2,1-2H3. The summed E-state index contributed by atoms with van der Waals surface area (Å²) in [5.74, 6) is 0.831. The highest BCUT2D eigenvalue weighted by Gasteiger charge is 2.11. The Balaban J connectivity index is 1.68. The van der Waals surface area contributed by atoms with Crippen LogP contribution in [-0.4, -0.2) is 26.2 Å². The first-order valence-corrected chi connectivity index (χ1v) is 7.23. The number of rotatable bonds is 5. The van der Waals surface area contributed by atoms with Crippen LogP contribution in [-0.2, 0) is 6.42 Å². The van der Waals surface area contributed by atoms with Crippen LogP contribution in [0.1, 0.15) is 29.5 Å². The SMILES string of the molecule is Cc1ccc(CCNCC2CCCNC2)c(C)c1. The zero-order chi connectivity index (χ0) is 12.8. The van der Waals surface area contributed by atoms with Crippen molar-refractivity contribution in [2.45, 2.75) is 33.1 Å². The number of hydrogen-bond acceptors (Lipinski definition) is 2. The summed E-state index contributed by atoms with van der Waals surface area (Å²) in [7, 11) is 0. The summed E-state index contributed by atoms with van der Waals surface area (Å²) < 4.78 is 0. The smallest absolute Gasteiger partial charge is 0.000813 e. The summed E-state index contributed by atoms with van der Waals surface area (Å²) in [6, 6.07) is 6.77. The van der Waals surface area contributed by atoms with Gasteiger partial charge in [-0.15, -0.1) is 0 Å². The lowest BCUT2D eigenvalue weighted by Gasteiger charge is -2.23. The summed E-state index contributed by atoms with van der Waals surface area (Å²) in [4.78, 5) is 0. The molecule has 1 aromatic carbocycles. The van der Waals surface area contributed by atoms with Crippen molar-refractivity contribution in [2.75, 3.05) is 26.2 Å². The monoisotopic (exact) mass is 246 g/mol. The van der Waals surface area contributed by atoms with Gasteiger partial charge in [-0.1, -0.05) is 23.8 Å². The predicted molar refractivity (Wildman–Crippen MR) is 78.1 cm³/mol. The van der Waals surface area contributed by atoms with E-state index in [1.165, 1.54) is 42.6 Å². The molecule has 0 aliphatic carbocycles. The summed E-state index contributed by atoms with van der Waals surface area (Å²) in [6.07, 6.45) is 3.86. The average molecular weight is 246 g/mol. The van der Waals surface area contributed by atoms with Gasteiger partial charge in [-0.05, 0) is 76.3 Å². The van der Waals surface area contributed by atoms with Crippen molar-refractivity contribution < 1.29 is 0 Å². The molecule has 0 radical (unpaired) electrons. The molecular weight excluding hydrogens is 220 g/mol. The minimum absolute atomic E-state index is 0.831. The van der Waals surface area contributed by atoms with Gasteiger partial charge in [0, 0.05) is 0 Å². The quantitative estimate of drug-likeness (QED) is 0.780. The highest BCUT2D eigenvalue weighted by Crippen LogP contribution is 2.11. The molecule has 1 saturated heterocycles. The van der Waals surface area contributed by atoms with Gasteiger partial charge in [-0.25, -0.2) is 0 Å². The second-order valence-electron chi connectivity index (χ2n) is 5.60. The van der Waals surface area contributed by atoms with E-state index >= 15 is 0 Å². The van der Waals surface area contributed by atoms with Gasteiger partial charge in [0.1, 0.15) is 0 Å². The van der Waals surface area contributed by atoms with Crippen molar-refractivity contribution in [3.8, 4) is 0 Å². The number of hydrogen-bond donors (Lipinski definition) is 2. The van der Waals surface area contributed by atoms with E-state index in [-0.39, 0.29) is 0 Å². The fourth-order valence-electron chi connectivity index (χ4n) is 2.75. The molecule has 1 unspecified atom stereocenters. The van der Waals surface area contributed by atoms with Gasteiger partial charge in [-0.3, -0.25) is 0 Å². The summed E-state index contributed by atoms with van der Waals surface area (Å²) in [5.41, 5.74) is 4.27. The molecule has 0 saturated carbocycles. The lowest BCUT2D eigenvalue weighted by molar-refractivity contribution is 0.361. The zero-order valence-electron chi connectivity index (χ0n) is 11.8. The second-order valence-corrected chi connectivity index (χ2v) is 5.60. The van der Waals surface area contributed by atoms with Crippen LogP contribution in [0.2, 0.25) is 0 Å². The summed E-state index contributed by atoms with van der Waals surface area (Å²) in [5, 5.41) is 7.07. The molecule has 2 heteroatoms. The van der Waals surface area contributed by atoms with E-state index in [0.29, 0.717) is 0 Å². The Morgan fingerprint density at radius 3 is 2.94 bits per heavy atom. The van der Waals surface area contributed by atoms with Crippen molar-refractivity contribution in [2.24, 2.45) is 5.92 Å². The molecule has 100 valence electrons. The number of aryl methyl sites for hydroxylation is 2. The Bertz CT molecular complexity index is 367. The third kappa shape index (κ3) is 4.11. The first-order valence-electron chi connectivity index (χ1n) is 7.23. The Hall–Kier alpha value is -0.860. The van der Waals surface area contributed by atoms with E-state index in [9.17, 15) is 0 Å². The maximum Gasteiger partial charge on any atom is -0.000813 e. The Labute approximate surface area is 111 Å². The van der Waals surface area contributed by atoms with E-state index in [2.05, 4.69) is 42.7 Å². The molecule has 0 spiro atoms. The van der Waals surface area contributed by atoms with Gasteiger partial charge >= 0.3 is 0 Å². The van der Waals surface area contributed by atoms with Crippen LogP contribution in [0.15, 0.2) is 18.2 Å². The largest absolute Gasteiger partial charge is 0.316 e. The fraction of sp³-hybridized carbons (Fsp3) is 0.625. The van der Waals surface area contributed by atoms with Gasteiger partial charge in [0.15, 0.2) is 0 Å². The van der Waals surface area contributed by atoms with Crippen molar-refractivity contribution >= 4 is 0 Å². The minimum Gasteiger partial charge on any atom is -0.316 e. The molecule has 2 N–H and O–H groups in total. The van der Waals surface area contributed by atoms with Crippen molar-refractivity contribution in [3.05, 3.63) is 34.9 Å². The van der Waals surface area contributed by atoms with Crippen molar-refractivity contribution in [1.29, 1.82) is 0 Å². The predicted octanol–water partition coefficient (Wildman–Crippen LogP) is 2.44. The second kappa shape index (κ2) is 6.91. The van der Waals surface area contributed by atoms with Gasteiger partial charge in [0.2, 0.25) is 0 Å². The van der Waals surface area contributed by atoms with Crippen molar-refractivity contribution in [1.82, 2.24) is 10.6 Å². The fourth-order valence-corrected chi connectivity index (χ4v) is 2.75. The topological polar surface area (TPSA) is 24.1 Å². The average Bonchev–Trinajstić information content (AvgIpc) is 2.38. The Kier molecular flexibility index (Phi) is 5.21. The molecular formula is C16H26N2. The lowest BCUT2D eigenvalue weighted by Crippen LogP contribution is -2.36. The third-order valence-corrected chi connectivity index (χ3v) is 3.90. The molecule has 1 fully saturated rings. The summed E-state index contributed by atoms with van der Waals surface area (Å²) in [6.45, 7) is 9.03. The van der Waals surface area contributed by atoms with Crippen LogP contribution in [0.4, 0.5) is 0 Å². The minimum atomic E-state index is 0.831. The highest BCUT2D eigenvalue weighted by atomic mass is 14.9. The van der Waals surface area contributed by atoms with Gasteiger partial charge in [-0.2, -0.15) is 0 Å². The lowest BCUT2D eigenvalue weighted by atomic mass is 9.99. The molecule has 0 bridgehead atoms. The molecule has 2 rings (SSSR count). The Morgan fingerprint density at radius 2 is 2.22 bits per heavy atom. The molecule has 1 aliphatic rings. The van der Waals surface area contributed by atoms with Gasteiger partial charge in [0.25, 0.3) is 0 Å². The molecule has 1 atom stereocenters. The number of piperidine rings is 1. The van der Waals surface area contributed by atoms with Crippen LogP contribution < -0.4 is 10.6 Å². The van der Waals surface area contributed by atoms with Crippen LogP contribution in [0, 0.1) is 19.8 Å². The van der Waals surface area contributed by atoms with E-state index in [4.69, 9.17) is 0 Å².